The Kier molecular flexibility index (Phi) is 3.84. The van der Waals surface area contributed by atoms with Crippen molar-refractivity contribution in [2.45, 2.75) is 6.42 Å². The van der Waals surface area contributed by atoms with Crippen molar-refractivity contribution >= 4 is 38.9 Å². The highest BCUT2D eigenvalue weighted by molar-refractivity contribution is 9.10. The van der Waals surface area contributed by atoms with Crippen molar-refractivity contribution in [1.82, 2.24) is 0 Å². The fourth-order valence-electron chi connectivity index (χ4n) is 2.56. The smallest absolute Gasteiger partial charge is 0.243 e. The second kappa shape index (κ2) is 5.77. The predicted octanol–water partition coefficient (Wildman–Crippen LogP) is 3.03. The maximum atomic E-state index is 12.1. The third-order valence-corrected chi connectivity index (χ3v) is 4.09. The summed E-state index contributed by atoms with van der Waals surface area (Å²) in [7, 11) is 0. The zero-order valence-corrected chi connectivity index (χ0v) is 13.1. The van der Waals surface area contributed by atoms with Crippen LogP contribution < -0.4 is 16.0 Å². The number of benzene rings is 2. The largest absolute Gasteiger partial charge is 0.399 e. The maximum absolute atomic E-state index is 12.1. The molecule has 0 aliphatic carbocycles. The van der Waals surface area contributed by atoms with Crippen molar-refractivity contribution in [1.29, 1.82) is 0 Å². The van der Waals surface area contributed by atoms with Gasteiger partial charge in [-0.05, 0) is 54.4 Å². The first-order valence-corrected chi connectivity index (χ1v) is 7.60. The number of halogens is 1. The van der Waals surface area contributed by atoms with Crippen molar-refractivity contribution in [3.8, 4) is 0 Å². The molecule has 5 heteroatoms. The fourth-order valence-corrected chi connectivity index (χ4v) is 2.83. The summed E-state index contributed by atoms with van der Waals surface area (Å²) in [5, 5.41) is 2.91. The van der Waals surface area contributed by atoms with E-state index in [-0.39, 0.29) is 5.91 Å². The summed E-state index contributed by atoms with van der Waals surface area (Å²) >= 11 is 3.38. The van der Waals surface area contributed by atoms with Gasteiger partial charge in [0.25, 0.3) is 0 Å². The van der Waals surface area contributed by atoms with Crippen LogP contribution >= 0.6 is 15.9 Å². The number of nitrogens with zero attached hydrogens (tertiary/aromatic N) is 1. The molecule has 0 saturated heterocycles. The Morgan fingerprint density at radius 3 is 2.76 bits per heavy atom. The lowest BCUT2D eigenvalue weighted by Gasteiger charge is -2.19. The van der Waals surface area contributed by atoms with Crippen LogP contribution in [0, 0.1) is 0 Å². The molecule has 2 aromatic rings. The molecule has 3 rings (SSSR count). The van der Waals surface area contributed by atoms with Gasteiger partial charge in [0.2, 0.25) is 5.91 Å². The van der Waals surface area contributed by atoms with Gasteiger partial charge in [-0.3, -0.25) is 4.79 Å². The normalized spacial score (nSPS) is 13.1. The summed E-state index contributed by atoms with van der Waals surface area (Å²) in [6.45, 7) is 1.21. The Morgan fingerprint density at radius 2 is 2.00 bits per heavy atom. The van der Waals surface area contributed by atoms with Crippen LogP contribution in [0.1, 0.15) is 5.56 Å². The molecule has 0 spiro atoms. The van der Waals surface area contributed by atoms with Crippen molar-refractivity contribution in [3.63, 3.8) is 0 Å². The Labute approximate surface area is 132 Å². The lowest BCUT2D eigenvalue weighted by atomic mass is 10.1. The molecule has 3 N–H and O–H groups in total. The molecule has 2 aromatic carbocycles. The molecule has 4 nitrogen and oxygen atoms in total. The maximum Gasteiger partial charge on any atom is 0.243 e. The molecule has 1 heterocycles. The first-order valence-electron chi connectivity index (χ1n) is 6.80. The second-order valence-corrected chi connectivity index (χ2v) is 6.03. The monoisotopic (exact) mass is 345 g/mol. The number of anilines is 3. The van der Waals surface area contributed by atoms with Crippen LogP contribution in [0.5, 0.6) is 0 Å². The minimum absolute atomic E-state index is 0.0120. The van der Waals surface area contributed by atoms with Gasteiger partial charge in [-0.15, -0.1) is 0 Å². The highest BCUT2D eigenvalue weighted by Gasteiger charge is 2.21. The standard InChI is InChI=1S/C16H16BrN3O/c17-12-1-4-14(5-2-12)19-16(21)10-20-8-7-11-9-13(18)3-6-15(11)20/h1-6,9H,7-8,10,18H2,(H,19,21). The Balaban J connectivity index is 1.65. The Morgan fingerprint density at radius 1 is 1.24 bits per heavy atom. The lowest BCUT2D eigenvalue weighted by molar-refractivity contribution is -0.115. The number of nitrogen functional groups attached to an aromatic ring is 1. The molecule has 1 aliphatic heterocycles. The molecule has 0 aromatic heterocycles. The molecule has 0 atom stereocenters. The van der Waals surface area contributed by atoms with Gasteiger partial charge in [-0.25, -0.2) is 0 Å². The van der Waals surface area contributed by atoms with E-state index in [0.717, 1.165) is 34.5 Å². The summed E-state index contributed by atoms with van der Waals surface area (Å²) in [6.07, 6.45) is 0.936. The van der Waals surface area contributed by atoms with Crippen molar-refractivity contribution in [2.24, 2.45) is 0 Å². The summed E-state index contributed by atoms with van der Waals surface area (Å²) in [5.74, 6) is -0.0120. The quantitative estimate of drug-likeness (QED) is 0.840. The molecule has 108 valence electrons. The van der Waals surface area contributed by atoms with E-state index in [9.17, 15) is 4.79 Å². The molecule has 21 heavy (non-hydrogen) atoms. The number of nitrogens with two attached hydrogens (primary N) is 1. The van der Waals surface area contributed by atoms with E-state index in [2.05, 4.69) is 26.1 Å². The number of nitrogens with one attached hydrogen (secondary N) is 1. The molecule has 0 radical (unpaired) electrons. The topological polar surface area (TPSA) is 58.4 Å². The number of rotatable bonds is 3. The van der Waals surface area contributed by atoms with E-state index < -0.39 is 0 Å². The number of amides is 1. The van der Waals surface area contributed by atoms with Crippen LogP contribution in [0.3, 0.4) is 0 Å². The van der Waals surface area contributed by atoms with Crippen molar-refractivity contribution < 1.29 is 4.79 Å². The number of hydrogen-bond acceptors (Lipinski definition) is 3. The summed E-state index contributed by atoms with van der Waals surface area (Å²) in [4.78, 5) is 14.2. The van der Waals surface area contributed by atoms with Gasteiger partial charge in [-0.2, -0.15) is 0 Å². The van der Waals surface area contributed by atoms with Crippen LogP contribution in [0.25, 0.3) is 0 Å². The third kappa shape index (κ3) is 3.19. The second-order valence-electron chi connectivity index (χ2n) is 5.11. The lowest BCUT2D eigenvalue weighted by Crippen LogP contribution is -2.31. The first kappa shape index (κ1) is 13.9. The van der Waals surface area contributed by atoms with E-state index in [0.29, 0.717) is 6.54 Å². The van der Waals surface area contributed by atoms with Gasteiger partial charge >= 0.3 is 0 Å². The van der Waals surface area contributed by atoms with Gasteiger partial charge < -0.3 is 16.0 Å². The van der Waals surface area contributed by atoms with Crippen molar-refractivity contribution in [2.75, 3.05) is 29.0 Å². The minimum Gasteiger partial charge on any atom is -0.399 e. The molecule has 1 aliphatic rings. The van der Waals surface area contributed by atoms with Crippen LogP contribution in [0.15, 0.2) is 46.9 Å². The zero-order chi connectivity index (χ0) is 14.8. The molecule has 0 unspecified atom stereocenters. The SMILES string of the molecule is Nc1ccc2c(c1)CCN2CC(=O)Nc1ccc(Br)cc1. The number of fused-ring (bicyclic) bond motifs is 1. The Bertz CT molecular complexity index is 670. The third-order valence-electron chi connectivity index (χ3n) is 3.56. The highest BCUT2D eigenvalue weighted by atomic mass is 79.9. The summed E-state index contributed by atoms with van der Waals surface area (Å²) in [5.41, 5.74) is 9.69. The average molecular weight is 346 g/mol. The molecular weight excluding hydrogens is 330 g/mol. The van der Waals surface area contributed by atoms with Gasteiger partial charge in [0.05, 0.1) is 6.54 Å². The molecule has 0 bridgehead atoms. The van der Waals surface area contributed by atoms with Gasteiger partial charge in [0, 0.05) is 28.1 Å². The molecule has 0 fully saturated rings. The van der Waals surface area contributed by atoms with Crippen LogP contribution in [0.2, 0.25) is 0 Å². The van der Waals surface area contributed by atoms with E-state index in [1.54, 1.807) is 0 Å². The van der Waals surface area contributed by atoms with E-state index in [1.165, 1.54) is 5.56 Å². The van der Waals surface area contributed by atoms with E-state index in [1.807, 2.05) is 42.5 Å². The summed E-state index contributed by atoms with van der Waals surface area (Å²) in [6, 6.07) is 13.4. The van der Waals surface area contributed by atoms with Crippen molar-refractivity contribution in [3.05, 3.63) is 52.5 Å². The van der Waals surface area contributed by atoms with Gasteiger partial charge in [0.1, 0.15) is 0 Å². The molecular formula is C16H16BrN3O. The van der Waals surface area contributed by atoms with E-state index >= 15 is 0 Å². The number of carbonyl (C=O) groups is 1. The Hall–Kier alpha value is -2.01. The van der Waals surface area contributed by atoms with Crippen LogP contribution in [-0.2, 0) is 11.2 Å². The highest BCUT2D eigenvalue weighted by Crippen LogP contribution is 2.29. The van der Waals surface area contributed by atoms with Crippen LogP contribution in [0.4, 0.5) is 17.1 Å². The van der Waals surface area contributed by atoms with E-state index in [4.69, 9.17) is 5.73 Å². The summed E-state index contributed by atoms with van der Waals surface area (Å²) < 4.78 is 0.992. The molecule has 1 amide bonds. The predicted molar refractivity (Wildman–Crippen MR) is 89.5 cm³/mol. The van der Waals surface area contributed by atoms with Gasteiger partial charge in [-0.1, -0.05) is 15.9 Å². The number of carbonyl (C=O) groups excluding carboxylic acids is 1. The number of hydrogen-bond donors (Lipinski definition) is 2. The first-order chi connectivity index (χ1) is 10.1. The fraction of sp³-hybridized carbons (Fsp3) is 0.188. The van der Waals surface area contributed by atoms with Crippen LogP contribution in [-0.4, -0.2) is 19.0 Å². The molecule has 0 saturated carbocycles. The minimum atomic E-state index is -0.0120. The zero-order valence-electron chi connectivity index (χ0n) is 11.5. The average Bonchev–Trinajstić information content (AvgIpc) is 2.83. The van der Waals surface area contributed by atoms with Gasteiger partial charge in [0.15, 0.2) is 0 Å².